The molecule has 1 aromatic rings. The van der Waals surface area contributed by atoms with Gasteiger partial charge in [-0.05, 0) is 44.0 Å². The van der Waals surface area contributed by atoms with E-state index in [2.05, 4.69) is 44.5 Å². The summed E-state index contributed by atoms with van der Waals surface area (Å²) in [6.07, 6.45) is 0. The summed E-state index contributed by atoms with van der Waals surface area (Å²) in [5.41, 5.74) is 0. The maximum Gasteiger partial charge on any atom is 0.121 e. The first-order chi connectivity index (χ1) is 5.15. The maximum atomic E-state index is 5.03. The standard InChI is InChI=1S/C7H6Br2OS/c1-10-4-2-5(8)7(9)6(11)3-4/h2-3,11H,1H3. The van der Waals surface area contributed by atoms with Gasteiger partial charge in [0.25, 0.3) is 0 Å². The summed E-state index contributed by atoms with van der Waals surface area (Å²) in [6, 6.07) is 3.72. The van der Waals surface area contributed by atoms with E-state index < -0.39 is 0 Å². The highest BCUT2D eigenvalue weighted by atomic mass is 79.9. The molecular formula is C7H6Br2OS. The van der Waals surface area contributed by atoms with Crippen molar-refractivity contribution in [3.63, 3.8) is 0 Å². The van der Waals surface area contributed by atoms with Crippen LogP contribution in [-0.2, 0) is 0 Å². The number of rotatable bonds is 1. The van der Waals surface area contributed by atoms with Crippen LogP contribution in [-0.4, -0.2) is 7.11 Å². The average molecular weight is 298 g/mol. The summed E-state index contributed by atoms with van der Waals surface area (Å²) >= 11 is 11.0. The molecule has 0 bridgehead atoms. The number of benzene rings is 1. The van der Waals surface area contributed by atoms with Crippen LogP contribution in [0.2, 0.25) is 0 Å². The van der Waals surface area contributed by atoms with E-state index in [0.717, 1.165) is 19.6 Å². The first-order valence-electron chi connectivity index (χ1n) is 2.87. The molecule has 1 nitrogen and oxygen atoms in total. The van der Waals surface area contributed by atoms with E-state index in [1.54, 1.807) is 7.11 Å². The van der Waals surface area contributed by atoms with Gasteiger partial charge in [-0.1, -0.05) is 0 Å². The molecule has 0 heterocycles. The van der Waals surface area contributed by atoms with Crippen molar-refractivity contribution in [3.05, 3.63) is 21.1 Å². The van der Waals surface area contributed by atoms with Crippen molar-refractivity contribution >= 4 is 44.5 Å². The number of halogens is 2. The normalized spacial score (nSPS) is 9.82. The molecule has 0 aliphatic heterocycles. The van der Waals surface area contributed by atoms with Gasteiger partial charge in [-0.25, -0.2) is 0 Å². The van der Waals surface area contributed by atoms with Gasteiger partial charge >= 0.3 is 0 Å². The molecule has 0 aliphatic rings. The van der Waals surface area contributed by atoms with E-state index in [0.29, 0.717) is 0 Å². The van der Waals surface area contributed by atoms with Gasteiger partial charge in [-0.2, -0.15) is 0 Å². The van der Waals surface area contributed by atoms with Gasteiger partial charge in [0.05, 0.1) is 7.11 Å². The molecule has 0 N–H and O–H groups in total. The van der Waals surface area contributed by atoms with Crippen LogP contribution in [0.3, 0.4) is 0 Å². The number of ether oxygens (including phenoxy) is 1. The minimum atomic E-state index is 0.796. The van der Waals surface area contributed by atoms with Crippen LogP contribution in [0.1, 0.15) is 0 Å². The monoisotopic (exact) mass is 296 g/mol. The molecule has 11 heavy (non-hydrogen) atoms. The lowest BCUT2D eigenvalue weighted by Crippen LogP contribution is -1.83. The van der Waals surface area contributed by atoms with E-state index in [1.165, 1.54) is 0 Å². The summed E-state index contributed by atoms with van der Waals surface area (Å²) in [5, 5.41) is 0. The molecule has 0 amide bonds. The van der Waals surface area contributed by atoms with Crippen molar-refractivity contribution in [3.8, 4) is 5.75 Å². The van der Waals surface area contributed by atoms with Crippen LogP contribution in [0, 0.1) is 0 Å². The Bertz CT molecular complexity index is 252. The smallest absolute Gasteiger partial charge is 0.121 e. The van der Waals surface area contributed by atoms with Crippen molar-refractivity contribution < 1.29 is 4.74 Å². The molecule has 1 aromatic carbocycles. The highest BCUT2D eigenvalue weighted by molar-refractivity contribution is 9.13. The second-order valence-electron chi connectivity index (χ2n) is 1.94. The molecule has 0 radical (unpaired) electrons. The minimum absolute atomic E-state index is 0.796. The fraction of sp³-hybridized carbons (Fsp3) is 0.143. The molecular weight excluding hydrogens is 292 g/mol. The van der Waals surface area contributed by atoms with Gasteiger partial charge in [-0.3, -0.25) is 0 Å². The third-order valence-electron chi connectivity index (χ3n) is 1.22. The molecule has 0 saturated carbocycles. The maximum absolute atomic E-state index is 5.03. The van der Waals surface area contributed by atoms with Crippen LogP contribution in [0.15, 0.2) is 26.0 Å². The molecule has 0 unspecified atom stereocenters. The van der Waals surface area contributed by atoms with Crippen molar-refractivity contribution in [1.82, 2.24) is 0 Å². The Labute approximate surface area is 87.8 Å². The van der Waals surface area contributed by atoms with Crippen LogP contribution in [0.4, 0.5) is 0 Å². The quantitative estimate of drug-likeness (QED) is 0.781. The highest BCUT2D eigenvalue weighted by Gasteiger charge is 2.03. The van der Waals surface area contributed by atoms with E-state index in [-0.39, 0.29) is 0 Å². The van der Waals surface area contributed by atoms with Gasteiger partial charge in [0.2, 0.25) is 0 Å². The summed E-state index contributed by atoms with van der Waals surface area (Å²) < 4.78 is 6.92. The predicted molar refractivity (Wildman–Crippen MR) is 55.6 cm³/mol. The van der Waals surface area contributed by atoms with Crippen LogP contribution in [0.25, 0.3) is 0 Å². The Hall–Kier alpha value is 0.330. The number of thiol groups is 1. The predicted octanol–water partition coefficient (Wildman–Crippen LogP) is 3.51. The van der Waals surface area contributed by atoms with E-state index >= 15 is 0 Å². The zero-order valence-corrected chi connectivity index (χ0v) is 9.83. The second-order valence-corrected chi connectivity index (χ2v) is 4.07. The van der Waals surface area contributed by atoms with Crippen molar-refractivity contribution in [2.45, 2.75) is 4.90 Å². The van der Waals surface area contributed by atoms with Crippen LogP contribution < -0.4 is 4.74 Å². The van der Waals surface area contributed by atoms with Crippen molar-refractivity contribution in [2.24, 2.45) is 0 Å². The van der Waals surface area contributed by atoms with Gasteiger partial charge in [0.15, 0.2) is 0 Å². The first-order valence-corrected chi connectivity index (χ1v) is 4.90. The van der Waals surface area contributed by atoms with Gasteiger partial charge < -0.3 is 4.74 Å². The molecule has 4 heteroatoms. The number of hydrogen-bond acceptors (Lipinski definition) is 2. The molecule has 0 aromatic heterocycles. The highest BCUT2D eigenvalue weighted by Crippen LogP contribution is 2.33. The average Bonchev–Trinajstić information content (AvgIpc) is 1.99. The first kappa shape index (κ1) is 9.42. The molecule has 1 rings (SSSR count). The lowest BCUT2D eigenvalue weighted by atomic mass is 10.3. The fourth-order valence-corrected chi connectivity index (χ4v) is 1.74. The topological polar surface area (TPSA) is 9.23 Å². The molecule has 0 saturated heterocycles. The SMILES string of the molecule is COc1cc(S)c(Br)c(Br)c1. The zero-order valence-electron chi connectivity index (χ0n) is 5.77. The minimum Gasteiger partial charge on any atom is -0.497 e. The Balaban J connectivity index is 3.21. The van der Waals surface area contributed by atoms with Gasteiger partial charge in [0, 0.05) is 13.8 Å². The fourth-order valence-electron chi connectivity index (χ4n) is 0.668. The van der Waals surface area contributed by atoms with Crippen LogP contribution in [0.5, 0.6) is 5.75 Å². The third-order valence-corrected chi connectivity index (χ3v) is 3.89. The summed E-state index contributed by atoms with van der Waals surface area (Å²) in [5.74, 6) is 0.796. The van der Waals surface area contributed by atoms with E-state index in [1.807, 2.05) is 12.1 Å². The molecule has 0 atom stereocenters. The molecule has 0 spiro atoms. The van der Waals surface area contributed by atoms with Gasteiger partial charge in [-0.15, -0.1) is 12.6 Å². The van der Waals surface area contributed by atoms with Gasteiger partial charge in [0.1, 0.15) is 5.75 Å². The third kappa shape index (κ3) is 2.13. The molecule has 0 aliphatic carbocycles. The lowest BCUT2D eigenvalue weighted by Gasteiger charge is -2.04. The number of hydrogen-bond donors (Lipinski definition) is 1. The zero-order chi connectivity index (χ0) is 8.43. The molecule has 0 fully saturated rings. The van der Waals surface area contributed by atoms with Crippen molar-refractivity contribution in [2.75, 3.05) is 7.11 Å². The van der Waals surface area contributed by atoms with Crippen LogP contribution >= 0.6 is 44.5 Å². The Morgan fingerprint density at radius 3 is 2.45 bits per heavy atom. The number of methoxy groups -OCH3 is 1. The largest absolute Gasteiger partial charge is 0.497 e. The summed E-state index contributed by atoms with van der Waals surface area (Å²) in [7, 11) is 1.63. The summed E-state index contributed by atoms with van der Waals surface area (Å²) in [6.45, 7) is 0. The Morgan fingerprint density at radius 1 is 1.36 bits per heavy atom. The Morgan fingerprint density at radius 2 is 2.00 bits per heavy atom. The molecule has 60 valence electrons. The Kier molecular flexibility index (Phi) is 3.28. The van der Waals surface area contributed by atoms with Crippen molar-refractivity contribution in [1.29, 1.82) is 0 Å². The lowest BCUT2D eigenvalue weighted by molar-refractivity contribution is 0.413. The summed E-state index contributed by atoms with van der Waals surface area (Å²) in [4.78, 5) is 0.858. The van der Waals surface area contributed by atoms with E-state index in [4.69, 9.17) is 4.74 Å². The second kappa shape index (κ2) is 3.83. The van der Waals surface area contributed by atoms with E-state index in [9.17, 15) is 0 Å².